The first-order valence-corrected chi connectivity index (χ1v) is 4.26. The second-order valence-corrected chi connectivity index (χ2v) is 3.25. The molecule has 0 aromatic heterocycles. The summed E-state index contributed by atoms with van der Waals surface area (Å²) in [5, 5.41) is 0. The van der Waals surface area contributed by atoms with Crippen molar-refractivity contribution in [1.29, 1.82) is 0 Å². The van der Waals surface area contributed by atoms with Crippen LogP contribution in [0.25, 0.3) is 0 Å². The monoisotopic (exact) mass is 148 g/mol. The Morgan fingerprint density at radius 2 is 2.27 bits per heavy atom. The van der Waals surface area contributed by atoms with E-state index in [0.29, 0.717) is 5.92 Å². The summed E-state index contributed by atoms with van der Waals surface area (Å²) in [7, 11) is 0. The Labute approximate surface area is 69.3 Å². The van der Waals surface area contributed by atoms with Crippen molar-refractivity contribution in [3.05, 3.63) is 36.5 Å². The van der Waals surface area contributed by atoms with Gasteiger partial charge in [-0.3, -0.25) is 0 Å². The zero-order valence-electron chi connectivity index (χ0n) is 7.27. The topological polar surface area (TPSA) is 0 Å². The molecule has 0 aliphatic heterocycles. The highest BCUT2D eigenvalue weighted by atomic mass is 14.2. The summed E-state index contributed by atoms with van der Waals surface area (Å²) in [5.74, 6) is 0.676. The maximum atomic E-state index is 4.08. The largest absolute Gasteiger partial charge is 0.0991 e. The van der Waals surface area contributed by atoms with Crippen LogP contribution in [-0.2, 0) is 0 Å². The lowest BCUT2D eigenvalue weighted by atomic mass is 9.82. The first-order chi connectivity index (χ1) is 5.25. The summed E-state index contributed by atoms with van der Waals surface area (Å²) >= 11 is 0. The van der Waals surface area contributed by atoms with Crippen LogP contribution in [0, 0.1) is 5.92 Å². The Morgan fingerprint density at radius 3 is 2.91 bits per heavy atom. The second-order valence-electron chi connectivity index (χ2n) is 3.25. The fourth-order valence-electron chi connectivity index (χ4n) is 1.58. The van der Waals surface area contributed by atoms with E-state index in [1.807, 2.05) is 6.08 Å². The lowest BCUT2D eigenvalue weighted by molar-refractivity contribution is 0.541. The predicted molar refractivity (Wildman–Crippen MR) is 50.4 cm³/mol. The Morgan fingerprint density at radius 1 is 1.55 bits per heavy atom. The van der Waals surface area contributed by atoms with Gasteiger partial charge < -0.3 is 0 Å². The van der Waals surface area contributed by atoms with Crippen molar-refractivity contribution in [1.82, 2.24) is 0 Å². The highest BCUT2D eigenvalue weighted by Crippen LogP contribution is 2.31. The summed E-state index contributed by atoms with van der Waals surface area (Å²) in [6, 6.07) is 0. The third-order valence-electron chi connectivity index (χ3n) is 2.41. The average molecular weight is 148 g/mol. The second kappa shape index (κ2) is 3.56. The minimum Gasteiger partial charge on any atom is -0.0991 e. The smallest absolute Gasteiger partial charge is 0.0193 e. The van der Waals surface area contributed by atoms with Gasteiger partial charge in [0.25, 0.3) is 0 Å². The van der Waals surface area contributed by atoms with Crippen molar-refractivity contribution in [3.8, 4) is 0 Å². The third kappa shape index (κ3) is 1.83. The lowest BCUT2D eigenvalue weighted by Crippen LogP contribution is -2.07. The van der Waals surface area contributed by atoms with Gasteiger partial charge in [0.15, 0.2) is 0 Å². The molecule has 0 amide bonds. The standard InChI is InChI=1S/C11H16/c1-4-6-11-8-5-7-9(2)10(11)3/h4,6,9H,1,3,5,7-8H2,2H3/b11-6-/t9-/m1/s1. The maximum absolute atomic E-state index is 4.08. The van der Waals surface area contributed by atoms with E-state index in [-0.39, 0.29) is 0 Å². The highest BCUT2D eigenvalue weighted by Gasteiger charge is 2.15. The quantitative estimate of drug-likeness (QED) is 0.534. The van der Waals surface area contributed by atoms with Gasteiger partial charge in [0.05, 0.1) is 0 Å². The van der Waals surface area contributed by atoms with Crippen LogP contribution in [0.5, 0.6) is 0 Å². The van der Waals surface area contributed by atoms with Crippen LogP contribution >= 0.6 is 0 Å². The normalized spacial score (nSPS) is 29.0. The van der Waals surface area contributed by atoms with E-state index in [2.05, 4.69) is 26.2 Å². The minimum atomic E-state index is 0.676. The molecule has 0 unspecified atom stereocenters. The molecule has 0 aromatic carbocycles. The van der Waals surface area contributed by atoms with Gasteiger partial charge >= 0.3 is 0 Å². The van der Waals surface area contributed by atoms with Crippen molar-refractivity contribution in [2.75, 3.05) is 0 Å². The Balaban J connectivity index is 2.73. The Kier molecular flexibility index (Phi) is 2.70. The number of hydrogen-bond donors (Lipinski definition) is 0. The van der Waals surface area contributed by atoms with Gasteiger partial charge in [-0.25, -0.2) is 0 Å². The van der Waals surface area contributed by atoms with E-state index >= 15 is 0 Å². The summed E-state index contributed by atoms with van der Waals surface area (Å²) < 4.78 is 0. The average Bonchev–Trinajstić information content (AvgIpc) is 1.99. The third-order valence-corrected chi connectivity index (χ3v) is 2.41. The number of allylic oxidation sites excluding steroid dienone is 4. The van der Waals surface area contributed by atoms with Crippen molar-refractivity contribution in [3.63, 3.8) is 0 Å². The molecule has 0 N–H and O–H groups in total. The van der Waals surface area contributed by atoms with Crippen LogP contribution in [-0.4, -0.2) is 0 Å². The molecular weight excluding hydrogens is 132 g/mol. The van der Waals surface area contributed by atoms with Gasteiger partial charge in [-0.05, 0) is 36.3 Å². The zero-order valence-corrected chi connectivity index (χ0v) is 7.27. The zero-order chi connectivity index (χ0) is 8.27. The van der Waals surface area contributed by atoms with E-state index in [9.17, 15) is 0 Å². The first-order valence-electron chi connectivity index (χ1n) is 4.26. The first kappa shape index (κ1) is 8.32. The van der Waals surface area contributed by atoms with Gasteiger partial charge in [-0.1, -0.05) is 32.2 Å². The predicted octanol–water partition coefficient (Wildman–Crippen LogP) is 3.48. The summed E-state index contributed by atoms with van der Waals surface area (Å²) in [6.07, 6.45) is 7.75. The fourth-order valence-corrected chi connectivity index (χ4v) is 1.58. The molecule has 1 aliphatic carbocycles. The molecular formula is C11H16. The maximum Gasteiger partial charge on any atom is -0.0193 e. The van der Waals surface area contributed by atoms with Crippen molar-refractivity contribution in [2.24, 2.45) is 5.92 Å². The molecule has 1 rings (SSSR count). The molecule has 60 valence electrons. The van der Waals surface area contributed by atoms with Gasteiger partial charge in [0.1, 0.15) is 0 Å². The van der Waals surface area contributed by atoms with E-state index in [0.717, 1.165) is 0 Å². The molecule has 0 heterocycles. The molecule has 1 saturated carbocycles. The van der Waals surface area contributed by atoms with Crippen molar-refractivity contribution < 1.29 is 0 Å². The lowest BCUT2D eigenvalue weighted by Gasteiger charge is -2.23. The molecule has 0 radical (unpaired) electrons. The summed E-state index contributed by atoms with van der Waals surface area (Å²) in [4.78, 5) is 0. The summed E-state index contributed by atoms with van der Waals surface area (Å²) in [6.45, 7) is 10.0. The molecule has 1 aliphatic rings. The van der Waals surface area contributed by atoms with Gasteiger partial charge in [-0.2, -0.15) is 0 Å². The van der Waals surface area contributed by atoms with Gasteiger partial charge in [0, 0.05) is 0 Å². The number of rotatable bonds is 1. The number of hydrogen-bond acceptors (Lipinski definition) is 0. The fraction of sp³-hybridized carbons (Fsp3) is 0.455. The molecule has 0 nitrogen and oxygen atoms in total. The molecule has 0 spiro atoms. The van der Waals surface area contributed by atoms with E-state index in [4.69, 9.17) is 0 Å². The minimum absolute atomic E-state index is 0.676. The van der Waals surface area contributed by atoms with Crippen molar-refractivity contribution >= 4 is 0 Å². The molecule has 0 heteroatoms. The van der Waals surface area contributed by atoms with Crippen LogP contribution in [0.1, 0.15) is 26.2 Å². The Hall–Kier alpha value is -0.780. The highest BCUT2D eigenvalue weighted by molar-refractivity contribution is 5.34. The SMILES string of the molecule is C=C/C=C1/CCC[C@@H](C)C1=C. The van der Waals surface area contributed by atoms with Gasteiger partial charge in [-0.15, -0.1) is 0 Å². The van der Waals surface area contributed by atoms with Crippen LogP contribution < -0.4 is 0 Å². The van der Waals surface area contributed by atoms with E-state index in [1.165, 1.54) is 30.4 Å². The van der Waals surface area contributed by atoms with Gasteiger partial charge in [0.2, 0.25) is 0 Å². The molecule has 1 atom stereocenters. The van der Waals surface area contributed by atoms with E-state index in [1.54, 1.807) is 0 Å². The summed E-state index contributed by atoms with van der Waals surface area (Å²) in [5.41, 5.74) is 2.72. The van der Waals surface area contributed by atoms with Crippen LogP contribution in [0.15, 0.2) is 36.5 Å². The van der Waals surface area contributed by atoms with E-state index < -0.39 is 0 Å². The van der Waals surface area contributed by atoms with Crippen molar-refractivity contribution in [2.45, 2.75) is 26.2 Å². The molecule has 0 bridgehead atoms. The van der Waals surface area contributed by atoms with Crippen LogP contribution in [0.4, 0.5) is 0 Å². The molecule has 11 heavy (non-hydrogen) atoms. The molecule has 0 saturated heterocycles. The van der Waals surface area contributed by atoms with Crippen LogP contribution in [0.3, 0.4) is 0 Å². The van der Waals surface area contributed by atoms with Crippen LogP contribution in [0.2, 0.25) is 0 Å². The Bertz CT molecular complexity index is 196. The molecule has 0 aromatic rings. The molecule has 1 fully saturated rings.